The van der Waals surface area contributed by atoms with Crippen molar-refractivity contribution in [3.8, 4) is 5.75 Å². The van der Waals surface area contributed by atoms with Crippen molar-refractivity contribution in [2.45, 2.75) is 6.18 Å². The summed E-state index contributed by atoms with van der Waals surface area (Å²) >= 11 is 0. The molecule has 148 valence electrons. The van der Waals surface area contributed by atoms with E-state index in [4.69, 9.17) is 4.74 Å². The van der Waals surface area contributed by atoms with Crippen molar-refractivity contribution < 1.29 is 22.7 Å². The van der Waals surface area contributed by atoms with Crippen molar-refractivity contribution in [1.82, 2.24) is 14.9 Å². The summed E-state index contributed by atoms with van der Waals surface area (Å²) in [5.41, 5.74) is -0.187. The number of alkyl halides is 3. The summed E-state index contributed by atoms with van der Waals surface area (Å²) < 4.78 is 43.7. The van der Waals surface area contributed by atoms with E-state index in [1.807, 2.05) is 18.2 Å². The molecule has 1 amide bonds. The minimum absolute atomic E-state index is 0.163. The molecule has 1 aliphatic heterocycles. The van der Waals surface area contributed by atoms with Crippen molar-refractivity contribution in [1.29, 1.82) is 0 Å². The van der Waals surface area contributed by atoms with Gasteiger partial charge in [-0.2, -0.15) is 13.2 Å². The van der Waals surface area contributed by atoms with Crippen LogP contribution in [-0.2, 0) is 11.0 Å². The SMILES string of the molecule is COc1ccccc1C=CC(=O)N1CCN(c2cc(C(F)(F)F)ncn2)CC1. The molecular formula is C19H19F3N4O2. The summed E-state index contributed by atoms with van der Waals surface area (Å²) in [6.45, 7) is 1.56. The number of hydrogen-bond acceptors (Lipinski definition) is 5. The molecule has 1 aromatic heterocycles. The zero-order valence-corrected chi connectivity index (χ0v) is 15.2. The van der Waals surface area contributed by atoms with E-state index in [1.54, 1.807) is 29.1 Å². The fourth-order valence-corrected chi connectivity index (χ4v) is 2.90. The zero-order valence-electron chi connectivity index (χ0n) is 15.2. The Kier molecular flexibility index (Phi) is 5.81. The Morgan fingerprint density at radius 3 is 2.54 bits per heavy atom. The molecule has 9 heteroatoms. The van der Waals surface area contributed by atoms with Crippen LogP contribution in [0.2, 0.25) is 0 Å². The minimum atomic E-state index is -4.52. The van der Waals surface area contributed by atoms with E-state index in [2.05, 4.69) is 9.97 Å². The molecule has 0 atom stereocenters. The van der Waals surface area contributed by atoms with Crippen molar-refractivity contribution >= 4 is 17.8 Å². The van der Waals surface area contributed by atoms with Crippen LogP contribution < -0.4 is 9.64 Å². The fraction of sp³-hybridized carbons (Fsp3) is 0.316. The highest BCUT2D eigenvalue weighted by atomic mass is 19.4. The van der Waals surface area contributed by atoms with Gasteiger partial charge in [0.25, 0.3) is 0 Å². The van der Waals surface area contributed by atoms with Crippen LogP contribution in [0, 0.1) is 0 Å². The molecule has 1 aromatic carbocycles. The van der Waals surface area contributed by atoms with Gasteiger partial charge in [0, 0.05) is 43.9 Å². The van der Waals surface area contributed by atoms with Crippen LogP contribution in [0.1, 0.15) is 11.3 Å². The predicted molar refractivity (Wildman–Crippen MR) is 97.9 cm³/mol. The highest BCUT2D eigenvalue weighted by Gasteiger charge is 2.33. The molecule has 0 aliphatic carbocycles. The van der Waals surface area contributed by atoms with Gasteiger partial charge in [0.2, 0.25) is 5.91 Å². The van der Waals surface area contributed by atoms with Gasteiger partial charge in [-0.25, -0.2) is 9.97 Å². The van der Waals surface area contributed by atoms with Gasteiger partial charge in [-0.05, 0) is 12.1 Å². The first-order valence-electron chi connectivity index (χ1n) is 8.62. The Bertz CT molecular complexity index is 862. The number of carbonyl (C=O) groups excluding carboxylic acids is 1. The molecule has 1 aliphatic rings. The molecule has 1 fully saturated rings. The van der Waals surface area contributed by atoms with E-state index in [-0.39, 0.29) is 11.7 Å². The highest BCUT2D eigenvalue weighted by Crippen LogP contribution is 2.29. The van der Waals surface area contributed by atoms with Crippen molar-refractivity contribution in [2.24, 2.45) is 0 Å². The van der Waals surface area contributed by atoms with Crippen LogP contribution in [0.5, 0.6) is 5.75 Å². The number of para-hydroxylation sites is 1. The second-order valence-electron chi connectivity index (χ2n) is 6.15. The fourth-order valence-electron chi connectivity index (χ4n) is 2.90. The van der Waals surface area contributed by atoms with Gasteiger partial charge in [0.1, 0.15) is 23.6 Å². The number of benzene rings is 1. The molecule has 0 saturated carbocycles. The maximum atomic E-state index is 12.8. The molecule has 6 nitrogen and oxygen atoms in total. The third-order valence-electron chi connectivity index (χ3n) is 4.40. The van der Waals surface area contributed by atoms with Crippen molar-refractivity contribution in [2.75, 3.05) is 38.2 Å². The summed E-state index contributed by atoms with van der Waals surface area (Å²) in [4.78, 5) is 23.0. The summed E-state index contributed by atoms with van der Waals surface area (Å²) in [7, 11) is 1.56. The first kappa shape index (κ1) is 19.7. The summed E-state index contributed by atoms with van der Waals surface area (Å²) in [6.07, 6.45) is -0.446. The number of rotatable bonds is 4. The van der Waals surface area contributed by atoms with Crippen LogP contribution in [0.3, 0.4) is 0 Å². The van der Waals surface area contributed by atoms with Gasteiger partial charge in [-0.1, -0.05) is 18.2 Å². The van der Waals surface area contributed by atoms with Gasteiger partial charge >= 0.3 is 6.18 Å². The number of amides is 1. The molecule has 0 N–H and O–H groups in total. The second kappa shape index (κ2) is 8.28. The molecule has 0 radical (unpaired) electrons. The van der Waals surface area contributed by atoms with Crippen molar-refractivity contribution in [3.63, 3.8) is 0 Å². The number of nitrogens with zero attached hydrogens (tertiary/aromatic N) is 4. The van der Waals surface area contributed by atoms with Crippen LogP contribution >= 0.6 is 0 Å². The first-order valence-corrected chi connectivity index (χ1v) is 8.62. The lowest BCUT2D eigenvalue weighted by molar-refractivity contribution is -0.141. The predicted octanol–water partition coefficient (Wildman–Crippen LogP) is 2.87. The molecule has 0 bridgehead atoms. The topological polar surface area (TPSA) is 58.6 Å². The molecule has 2 aromatic rings. The molecule has 0 unspecified atom stereocenters. The number of ether oxygens (including phenoxy) is 1. The van der Waals surface area contributed by atoms with E-state index < -0.39 is 11.9 Å². The van der Waals surface area contributed by atoms with Gasteiger partial charge in [0.15, 0.2) is 0 Å². The first-order chi connectivity index (χ1) is 13.4. The van der Waals surface area contributed by atoms with E-state index in [9.17, 15) is 18.0 Å². The molecule has 1 saturated heterocycles. The largest absolute Gasteiger partial charge is 0.496 e. The molecule has 0 spiro atoms. The summed E-state index contributed by atoms with van der Waals surface area (Å²) in [5, 5.41) is 0. The van der Waals surface area contributed by atoms with Crippen LogP contribution in [-0.4, -0.2) is 54.1 Å². The van der Waals surface area contributed by atoms with Crippen LogP contribution in [0.25, 0.3) is 6.08 Å². The Balaban J connectivity index is 1.61. The Hall–Kier alpha value is -3.10. The lowest BCUT2D eigenvalue weighted by Gasteiger charge is -2.35. The average Bonchev–Trinajstić information content (AvgIpc) is 2.72. The summed E-state index contributed by atoms with van der Waals surface area (Å²) in [6, 6.07) is 8.27. The molecule has 3 rings (SSSR count). The lowest BCUT2D eigenvalue weighted by atomic mass is 10.2. The smallest absolute Gasteiger partial charge is 0.433 e. The molecule has 28 heavy (non-hydrogen) atoms. The monoisotopic (exact) mass is 392 g/mol. The molecule has 2 heterocycles. The number of halogens is 3. The minimum Gasteiger partial charge on any atom is -0.496 e. The second-order valence-corrected chi connectivity index (χ2v) is 6.15. The normalized spacial score (nSPS) is 15.1. The summed E-state index contributed by atoms with van der Waals surface area (Å²) in [5.74, 6) is 0.712. The number of aromatic nitrogens is 2. The van der Waals surface area contributed by atoms with Gasteiger partial charge in [-0.15, -0.1) is 0 Å². The van der Waals surface area contributed by atoms with E-state index in [0.29, 0.717) is 31.9 Å². The van der Waals surface area contributed by atoms with Crippen molar-refractivity contribution in [3.05, 3.63) is 54.0 Å². The molecular weight excluding hydrogens is 373 g/mol. The zero-order chi connectivity index (χ0) is 20.1. The lowest BCUT2D eigenvalue weighted by Crippen LogP contribution is -2.48. The number of piperazine rings is 1. The third-order valence-corrected chi connectivity index (χ3v) is 4.40. The Morgan fingerprint density at radius 2 is 1.86 bits per heavy atom. The highest BCUT2D eigenvalue weighted by molar-refractivity contribution is 5.92. The van der Waals surface area contributed by atoms with Gasteiger partial charge in [0.05, 0.1) is 7.11 Å². The number of carbonyl (C=O) groups is 1. The van der Waals surface area contributed by atoms with Gasteiger partial charge < -0.3 is 14.5 Å². The van der Waals surface area contributed by atoms with Crippen LogP contribution in [0.4, 0.5) is 19.0 Å². The quantitative estimate of drug-likeness (QED) is 0.749. The Morgan fingerprint density at radius 1 is 1.14 bits per heavy atom. The average molecular weight is 392 g/mol. The van der Waals surface area contributed by atoms with Crippen LogP contribution in [0.15, 0.2) is 42.7 Å². The number of anilines is 1. The van der Waals surface area contributed by atoms with Gasteiger partial charge in [-0.3, -0.25) is 4.79 Å². The number of hydrogen-bond donors (Lipinski definition) is 0. The maximum Gasteiger partial charge on any atom is 0.433 e. The van der Waals surface area contributed by atoms with E-state index >= 15 is 0 Å². The van der Waals surface area contributed by atoms with E-state index in [1.165, 1.54) is 6.08 Å². The maximum absolute atomic E-state index is 12.8. The Labute approximate surface area is 160 Å². The van der Waals surface area contributed by atoms with E-state index in [0.717, 1.165) is 18.0 Å². The standard InChI is InChI=1S/C19H19F3N4O2/c1-28-15-5-3-2-4-14(15)6-7-18(27)26-10-8-25(9-11-26)17-12-16(19(20,21)22)23-13-24-17/h2-7,12-13H,8-11H2,1H3. The number of methoxy groups -OCH3 is 1. The third kappa shape index (κ3) is 4.59.